The third-order valence-corrected chi connectivity index (χ3v) is 5.71. The molecule has 0 unspecified atom stereocenters. The summed E-state index contributed by atoms with van der Waals surface area (Å²) in [6, 6.07) is 21.9. The van der Waals surface area contributed by atoms with Gasteiger partial charge < -0.3 is 13.6 Å². The Bertz CT molecular complexity index is 1630. The van der Waals surface area contributed by atoms with Gasteiger partial charge in [0.25, 0.3) is 0 Å². The van der Waals surface area contributed by atoms with Gasteiger partial charge in [-0.25, -0.2) is 9.59 Å². The van der Waals surface area contributed by atoms with Crippen LogP contribution in [0.3, 0.4) is 0 Å². The highest BCUT2D eigenvalue weighted by atomic mass is 79.9. The predicted molar refractivity (Wildman–Crippen MR) is 128 cm³/mol. The van der Waals surface area contributed by atoms with Crippen LogP contribution in [0.1, 0.15) is 10.4 Å². The number of carbonyl (C=O) groups excluding carboxylic acids is 1. The number of hydrogen-bond donors (Lipinski definition) is 0. The van der Waals surface area contributed by atoms with Crippen LogP contribution in [0.15, 0.2) is 102 Å². The van der Waals surface area contributed by atoms with E-state index in [1.54, 1.807) is 54.6 Å². The topological polar surface area (TPSA) is 86.7 Å². The van der Waals surface area contributed by atoms with Crippen molar-refractivity contribution in [1.29, 1.82) is 0 Å². The summed E-state index contributed by atoms with van der Waals surface area (Å²) in [6.45, 7) is -0.175. The van der Waals surface area contributed by atoms with Crippen molar-refractivity contribution >= 4 is 43.7 Å². The first-order chi connectivity index (χ1) is 16.0. The molecule has 0 spiro atoms. The summed E-state index contributed by atoms with van der Waals surface area (Å²) in [5, 5.41) is 1.28. The second-order valence-corrected chi connectivity index (χ2v) is 8.26. The SMILES string of the molecule is O=C(COc1ccc2c(-c3cc4ccccc4oc3=O)cc(=O)oc2c1)c1ccc(Br)cc1. The van der Waals surface area contributed by atoms with Crippen LogP contribution in [-0.4, -0.2) is 12.4 Å². The largest absolute Gasteiger partial charge is 0.485 e. The molecule has 7 heteroatoms. The number of fused-ring (bicyclic) bond motifs is 2. The van der Waals surface area contributed by atoms with Gasteiger partial charge in [0.15, 0.2) is 12.4 Å². The Balaban J connectivity index is 1.50. The maximum Gasteiger partial charge on any atom is 0.344 e. The molecule has 3 aromatic carbocycles. The van der Waals surface area contributed by atoms with E-state index in [1.807, 2.05) is 12.1 Å². The van der Waals surface area contributed by atoms with Crippen LogP contribution >= 0.6 is 15.9 Å². The van der Waals surface area contributed by atoms with Gasteiger partial charge in [-0.1, -0.05) is 46.3 Å². The smallest absolute Gasteiger partial charge is 0.344 e. The average Bonchev–Trinajstić information content (AvgIpc) is 2.81. The van der Waals surface area contributed by atoms with Crippen molar-refractivity contribution in [3.63, 3.8) is 0 Å². The minimum Gasteiger partial charge on any atom is -0.485 e. The molecule has 0 fully saturated rings. The number of benzene rings is 3. The zero-order valence-corrected chi connectivity index (χ0v) is 18.6. The highest BCUT2D eigenvalue weighted by Gasteiger charge is 2.15. The Hall–Kier alpha value is -3.97. The predicted octanol–water partition coefficient (Wildman–Crippen LogP) is 5.59. The molecular weight excluding hydrogens is 488 g/mol. The highest BCUT2D eigenvalue weighted by Crippen LogP contribution is 2.29. The Labute approximate surface area is 195 Å². The van der Waals surface area contributed by atoms with Crippen LogP contribution in [0, 0.1) is 0 Å². The van der Waals surface area contributed by atoms with Crippen molar-refractivity contribution in [3.8, 4) is 16.9 Å². The van der Waals surface area contributed by atoms with Crippen molar-refractivity contribution in [1.82, 2.24) is 0 Å². The van der Waals surface area contributed by atoms with Crippen LogP contribution in [0.25, 0.3) is 33.1 Å². The summed E-state index contributed by atoms with van der Waals surface area (Å²) >= 11 is 3.33. The second kappa shape index (κ2) is 8.52. The number of para-hydroxylation sites is 1. The molecule has 0 aliphatic carbocycles. The van der Waals surface area contributed by atoms with Crippen molar-refractivity contribution in [3.05, 3.63) is 110 Å². The van der Waals surface area contributed by atoms with Crippen LogP contribution in [0.5, 0.6) is 5.75 Å². The van der Waals surface area contributed by atoms with E-state index in [2.05, 4.69) is 15.9 Å². The zero-order chi connectivity index (χ0) is 22.9. The molecule has 6 nitrogen and oxygen atoms in total. The van der Waals surface area contributed by atoms with E-state index in [0.717, 1.165) is 9.86 Å². The lowest BCUT2D eigenvalue weighted by atomic mass is 10.0. The number of rotatable bonds is 5. The van der Waals surface area contributed by atoms with E-state index < -0.39 is 11.3 Å². The standard InChI is InChI=1S/C26H15BrO6/c27-17-7-5-15(6-8-17)22(28)14-31-18-9-10-19-20(13-25(29)32-24(19)12-18)21-11-16-3-1-2-4-23(16)33-26(21)30/h1-13H,14H2. The molecule has 0 atom stereocenters. The molecule has 0 aliphatic heterocycles. The summed E-state index contributed by atoms with van der Waals surface area (Å²) in [5.74, 6) is 0.172. The Kier molecular flexibility index (Phi) is 5.40. The van der Waals surface area contributed by atoms with Crippen LogP contribution in [-0.2, 0) is 0 Å². The minimum atomic E-state index is -0.617. The van der Waals surface area contributed by atoms with E-state index in [-0.39, 0.29) is 23.5 Å². The number of ether oxygens (including phenoxy) is 1. The number of halogens is 1. The maximum atomic E-state index is 12.6. The van der Waals surface area contributed by atoms with Crippen LogP contribution in [0.2, 0.25) is 0 Å². The number of ketones is 1. The summed E-state index contributed by atoms with van der Waals surface area (Å²) < 4.78 is 17.3. The number of hydrogen-bond acceptors (Lipinski definition) is 6. The van der Waals surface area contributed by atoms with Crippen LogP contribution in [0.4, 0.5) is 0 Å². The molecule has 0 amide bonds. The summed E-state index contributed by atoms with van der Waals surface area (Å²) in [7, 11) is 0. The van der Waals surface area contributed by atoms with Gasteiger partial charge in [0.2, 0.25) is 0 Å². The van der Waals surface area contributed by atoms with E-state index in [9.17, 15) is 14.4 Å². The lowest BCUT2D eigenvalue weighted by molar-refractivity contribution is 0.0921. The monoisotopic (exact) mass is 502 g/mol. The van der Waals surface area contributed by atoms with E-state index in [4.69, 9.17) is 13.6 Å². The molecule has 162 valence electrons. The molecule has 0 saturated heterocycles. The minimum absolute atomic E-state index is 0.175. The number of Topliss-reactive ketones (excluding diaryl/α,β-unsaturated/α-hetero) is 1. The first-order valence-corrected chi connectivity index (χ1v) is 10.8. The van der Waals surface area contributed by atoms with Crippen molar-refractivity contribution in [2.24, 2.45) is 0 Å². The van der Waals surface area contributed by atoms with Gasteiger partial charge in [-0.05, 0) is 36.4 Å². The van der Waals surface area contributed by atoms with Gasteiger partial charge in [0, 0.05) is 38.5 Å². The molecule has 0 N–H and O–H groups in total. The Morgan fingerprint density at radius 1 is 0.818 bits per heavy atom. The van der Waals surface area contributed by atoms with Crippen molar-refractivity contribution < 1.29 is 18.4 Å². The van der Waals surface area contributed by atoms with E-state index >= 15 is 0 Å². The highest BCUT2D eigenvalue weighted by molar-refractivity contribution is 9.10. The van der Waals surface area contributed by atoms with Gasteiger partial charge in [-0.2, -0.15) is 0 Å². The molecule has 0 saturated carbocycles. The molecule has 0 radical (unpaired) electrons. The lowest BCUT2D eigenvalue weighted by Crippen LogP contribution is -2.11. The second-order valence-electron chi connectivity index (χ2n) is 7.34. The first-order valence-electron chi connectivity index (χ1n) is 10.0. The first kappa shape index (κ1) is 20.9. The quantitative estimate of drug-likeness (QED) is 0.230. The maximum absolute atomic E-state index is 12.6. The van der Waals surface area contributed by atoms with Crippen molar-refractivity contribution in [2.75, 3.05) is 6.61 Å². The fourth-order valence-electron chi connectivity index (χ4n) is 3.57. The fourth-order valence-corrected chi connectivity index (χ4v) is 3.84. The molecule has 2 heterocycles. The van der Waals surface area contributed by atoms with Gasteiger partial charge >= 0.3 is 11.3 Å². The third kappa shape index (κ3) is 4.23. The van der Waals surface area contributed by atoms with E-state index in [1.165, 1.54) is 12.1 Å². The van der Waals surface area contributed by atoms with E-state index in [0.29, 0.717) is 27.8 Å². The van der Waals surface area contributed by atoms with Gasteiger partial charge in [-0.15, -0.1) is 0 Å². The lowest BCUT2D eigenvalue weighted by Gasteiger charge is -2.09. The molecule has 0 aliphatic rings. The van der Waals surface area contributed by atoms with Gasteiger partial charge in [0.1, 0.15) is 16.9 Å². The molecule has 5 rings (SSSR count). The van der Waals surface area contributed by atoms with Gasteiger partial charge in [0.05, 0.1) is 5.56 Å². The van der Waals surface area contributed by atoms with Crippen LogP contribution < -0.4 is 16.0 Å². The molecular formula is C26H15BrO6. The Morgan fingerprint density at radius 2 is 1.61 bits per heavy atom. The summed E-state index contributed by atoms with van der Waals surface area (Å²) in [5.41, 5.74) is 0.706. The number of carbonyl (C=O) groups is 1. The van der Waals surface area contributed by atoms with Gasteiger partial charge in [-0.3, -0.25) is 4.79 Å². The van der Waals surface area contributed by atoms with Crippen molar-refractivity contribution in [2.45, 2.75) is 0 Å². The molecule has 5 aromatic rings. The molecule has 33 heavy (non-hydrogen) atoms. The zero-order valence-electron chi connectivity index (χ0n) is 17.0. The fraction of sp³-hybridized carbons (Fsp3) is 0.0385. The summed E-state index contributed by atoms with van der Waals surface area (Å²) in [6.07, 6.45) is 0. The molecule has 2 aromatic heterocycles. The molecule has 0 bridgehead atoms. The third-order valence-electron chi connectivity index (χ3n) is 5.18. The Morgan fingerprint density at radius 3 is 2.42 bits per heavy atom. The summed E-state index contributed by atoms with van der Waals surface area (Å²) in [4.78, 5) is 37.2. The normalized spacial score (nSPS) is 11.1. The average molecular weight is 503 g/mol.